The quantitative estimate of drug-likeness (QED) is 0.411. The van der Waals surface area contributed by atoms with Crippen LogP contribution in [-0.4, -0.2) is 35.4 Å². The third kappa shape index (κ3) is 1.20. The first kappa shape index (κ1) is 6.51. The van der Waals surface area contributed by atoms with Crippen LogP contribution in [0.2, 0.25) is 0 Å². The van der Waals surface area contributed by atoms with Gasteiger partial charge in [-0.05, 0) is 0 Å². The highest BCUT2D eigenvalue weighted by Gasteiger charge is 2.30. The maximum Gasteiger partial charge on any atom is 0.310 e. The Hall–Kier alpha value is -0.610. The Morgan fingerprint density at radius 2 is 2.22 bits per heavy atom. The maximum absolute atomic E-state index is 10.2. The van der Waals surface area contributed by atoms with E-state index in [-0.39, 0.29) is 0 Å². The van der Waals surface area contributed by atoms with Crippen LogP contribution in [0.25, 0.3) is 0 Å². The molecule has 52 valence electrons. The molecular weight excluding hydrogens is 122 g/mol. The Balaban J connectivity index is 2.49. The number of rotatable bonds is 1. The average molecular weight is 131 g/mol. The van der Waals surface area contributed by atoms with E-state index in [2.05, 4.69) is 5.32 Å². The molecular formula is C5H9NO3. The van der Waals surface area contributed by atoms with Gasteiger partial charge in [-0.15, -0.1) is 0 Å². The Morgan fingerprint density at radius 3 is 2.44 bits per heavy atom. The van der Waals surface area contributed by atoms with E-state index >= 15 is 0 Å². The van der Waals surface area contributed by atoms with E-state index in [1.807, 2.05) is 0 Å². The molecule has 0 saturated carbocycles. The van der Waals surface area contributed by atoms with Crippen molar-refractivity contribution in [3.8, 4) is 0 Å². The second-order valence-corrected chi connectivity index (χ2v) is 2.17. The van der Waals surface area contributed by atoms with Crippen LogP contribution >= 0.6 is 0 Å². The van der Waals surface area contributed by atoms with Gasteiger partial charge in [0, 0.05) is 13.1 Å². The smallest absolute Gasteiger partial charge is 0.310 e. The summed E-state index contributed by atoms with van der Waals surface area (Å²) in [6, 6.07) is 0. The summed E-state index contributed by atoms with van der Waals surface area (Å²) in [7, 11) is 0. The molecule has 1 rings (SSSR count). The van der Waals surface area contributed by atoms with Gasteiger partial charge in [-0.2, -0.15) is 0 Å². The zero-order valence-electron chi connectivity index (χ0n) is 4.87. The molecule has 2 atom stereocenters. The molecule has 0 amide bonds. The van der Waals surface area contributed by atoms with E-state index in [1.54, 1.807) is 0 Å². The van der Waals surface area contributed by atoms with Gasteiger partial charge in [0.1, 0.15) is 0 Å². The molecule has 4 heteroatoms. The number of carboxylic acids is 1. The topological polar surface area (TPSA) is 69.6 Å². The van der Waals surface area contributed by atoms with Crippen molar-refractivity contribution in [3.05, 3.63) is 0 Å². The Labute approximate surface area is 52.5 Å². The highest BCUT2D eigenvalue weighted by atomic mass is 16.4. The fourth-order valence-electron chi connectivity index (χ4n) is 0.917. The second kappa shape index (κ2) is 2.33. The van der Waals surface area contributed by atoms with E-state index < -0.39 is 18.0 Å². The van der Waals surface area contributed by atoms with Gasteiger partial charge >= 0.3 is 5.97 Å². The molecule has 1 heterocycles. The van der Waals surface area contributed by atoms with E-state index in [9.17, 15) is 4.79 Å². The Bertz CT molecular complexity index is 125. The first-order valence-corrected chi connectivity index (χ1v) is 2.83. The number of hydrogen-bond donors (Lipinski definition) is 3. The molecule has 1 fully saturated rings. The lowest BCUT2D eigenvalue weighted by Crippen LogP contribution is -2.25. The molecule has 1 aliphatic rings. The molecule has 0 aromatic rings. The minimum absolute atomic E-state index is 0.385. The number of nitrogens with one attached hydrogen (secondary N) is 1. The molecule has 1 saturated heterocycles. The van der Waals surface area contributed by atoms with E-state index in [1.165, 1.54) is 0 Å². The molecule has 3 N–H and O–H groups in total. The highest BCUT2D eigenvalue weighted by Crippen LogP contribution is 2.07. The van der Waals surface area contributed by atoms with E-state index in [0.717, 1.165) is 0 Å². The van der Waals surface area contributed by atoms with Crippen molar-refractivity contribution in [1.82, 2.24) is 5.32 Å². The normalized spacial score (nSPS) is 34.8. The number of aliphatic carboxylic acids is 1. The van der Waals surface area contributed by atoms with Crippen molar-refractivity contribution in [2.45, 2.75) is 6.10 Å². The predicted octanol–water partition coefficient (Wildman–Crippen LogP) is -1.35. The molecule has 0 aromatic heterocycles. The third-order valence-electron chi connectivity index (χ3n) is 1.50. The van der Waals surface area contributed by atoms with Gasteiger partial charge < -0.3 is 15.5 Å². The van der Waals surface area contributed by atoms with Crippen molar-refractivity contribution in [1.29, 1.82) is 0 Å². The van der Waals surface area contributed by atoms with Gasteiger partial charge in [-0.1, -0.05) is 0 Å². The molecule has 0 aromatic carbocycles. The SMILES string of the molecule is O=C(O)C1CNCC1O. The van der Waals surface area contributed by atoms with Crippen LogP contribution in [0.15, 0.2) is 0 Å². The first-order chi connectivity index (χ1) is 4.22. The van der Waals surface area contributed by atoms with Gasteiger partial charge in [0.2, 0.25) is 0 Å². The highest BCUT2D eigenvalue weighted by molar-refractivity contribution is 5.71. The number of aliphatic hydroxyl groups is 1. The molecule has 1 aliphatic heterocycles. The average Bonchev–Trinajstić information content (AvgIpc) is 2.13. The fourth-order valence-corrected chi connectivity index (χ4v) is 0.917. The zero-order valence-corrected chi connectivity index (χ0v) is 4.87. The summed E-state index contributed by atoms with van der Waals surface area (Å²) < 4.78 is 0. The van der Waals surface area contributed by atoms with Crippen molar-refractivity contribution in [2.75, 3.05) is 13.1 Å². The van der Waals surface area contributed by atoms with E-state index in [0.29, 0.717) is 13.1 Å². The number of hydrogen-bond acceptors (Lipinski definition) is 3. The summed E-state index contributed by atoms with van der Waals surface area (Å²) in [5.41, 5.74) is 0. The maximum atomic E-state index is 10.2. The summed E-state index contributed by atoms with van der Waals surface area (Å²) in [4.78, 5) is 10.2. The molecule has 4 nitrogen and oxygen atoms in total. The van der Waals surface area contributed by atoms with Crippen LogP contribution in [0.3, 0.4) is 0 Å². The fraction of sp³-hybridized carbons (Fsp3) is 0.800. The van der Waals surface area contributed by atoms with Gasteiger partial charge in [0.15, 0.2) is 0 Å². The molecule has 0 spiro atoms. The molecule has 0 radical (unpaired) electrons. The monoisotopic (exact) mass is 131 g/mol. The largest absolute Gasteiger partial charge is 0.481 e. The minimum Gasteiger partial charge on any atom is -0.481 e. The summed E-state index contributed by atoms with van der Waals surface area (Å²) in [6.07, 6.45) is -0.706. The molecule has 0 bridgehead atoms. The summed E-state index contributed by atoms with van der Waals surface area (Å²) in [5.74, 6) is -1.53. The van der Waals surface area contributed by atoms with Crippen LogP contribution in [0.4, 0.5) is 0 Å². The lowest BCUT2D eigenvalue weighted by Gasteiger charge is -2.05. The van der Waals surface area contributed by atoms with Crippen LogP contribution < -0.4 is 5.32 Å². The lowest BCUT2D eigenvalue weighted by molar-refractivity contribution is -0.143. The van der Waals surface area contributed by atoms with Gasteiger partial charge in [-0.3, -0.25) is 4.79 Å². The second-order valence-electron chi connectivity index (χ2n) is 2.17. The standard InChI is InChI=1S/C5H9NO3/c7-4-2-6-1-3(4)5(8)9/h3-4,6-7H,1-2H2,(H,8,9). The summed E-state index contributed by atoms with van der Waals surface area (Å²) in [6.45, 7) is 0.785. The lowest BCUT2D eigenvalue weighted by atomic mass is 10.1. The first-order valence-electron chi connectivity index (χ1n) is 2.83. The minimum atomic E-state index is -0.924. The Kier molecular flexibility index (Phi) is 1.68. The van der Waals surface area contributed by atoms with Crippen molar-refractivity contribution >= 4 is 5.97 Å². The van der Waals surface area contributed by atoms with Gasteiger partial charge in [0.05, 0.1) is 12.0 Å². The van der Waals surface area contributed by atoms with Gasteiger partial charge in [0.25, 0.3) is 0 Å². The summed E-state index contributed by atoms with van der Waals surface area (Å²) >= 11 is 0. The summed E-state index contributed by atoms with van der Waals surface area (Å²) in [5, 5.41) is 20.1. The zero-order chi connectivity index (χ0) is 6.85. The van der Waals surface area contributed by atoms with Gasteiger partial charge in [-0.25, -0.2) is 0 Å². The predicted molar refractivity (Wildman–Crippen MR) is 30.0 cm³/mol. The third-order valence-corrected chi connectivity index (χ3v) is 1.50. The van der Waals surface area contributed by atoms with Crippen LogP contribution in [0.5, 0.6) is 0 Å². The van der Waals surface area contributed by atoms with Crippen LogP contribution in [-0.2, 0) is 4.79 Å². The van der Waals surface area contributed by atoms with Crippen LogP contribution in [0.1, 0.15) is 0 Å². The number of β-amino-alcohol motifs (C(OH)–C–C–N with tert-alkyl or cyclic N) is 1. The van der Waals surface area contributed by atoms with E-state index in [4.69, 9.17) is 10.2 Å². The molecule has 0 aliphatic carbocycles. The molecule has 2 unspecified atom stereocenters. The number of carbonyl (C=O) groups is 1. The number of carboxylic acid groups (broad SMARTS) is 1. The van der Waals surface area contributed by atoms with Crippen molar-refractivity contribution in [2.24, 2.45) is 5.92 Å². The molecule has 9 heavy (non-hydrogen) atoms. The van der Waals surface area contributed by atoms with Crippen molar-refractivity contribution < 1.29 is 15.0 Å². The number of aliphatic hydroxyl groups excluding tert-OH is 1. The van der Waals surface area contributed by atoms with Crippen molar-refractivity contribution in [3.63, 3.8) is 0 Å². The van der Waals surface area contributed by atoms with Crippen LogP contribution in [0, 0.1) is 5.92 Å². The Morgan fingerprint density at radius 1 is 1.56 bits per heavy atom.